The summed E-state index contributed by atoms with van der Waals surface area (Å²) < 4.78 is 0. The minimum absolute atomic E-state index is 0.326. The number of hydrogen-bond donors (Lipinski definition) is 1. The number of rotatable bonds is 4. The maximum absolute atomic E-state index is 12.3. The second kappa shape index (κ2) is 6.55. The molecule has 0 aromatic heterocycles. The molecule has 1 aliphatic heterocycles. The Kier molecular flexibility index (Phi) is 5.04. The Morgan fingerprint density at radius 3 is 2.83 bits per heavy atom. The summed E-state index contributed by atoms with van der Waals surface area (Å²) in [6, 6.07) is 0.540. The van der Waals surface area contributed by atoms with Gasteiger partial charge < -0.3 is 10.2 Å². The summed E-state index contributed by atoms with van der Waals surface area (Å²) in [6.45, 7) is 6.97. The molecule has 3 unspecified atom stereocenters. The van der Waals surface area contributed by atoms with Crippen LogP contribution in [0.3, 0.4) is 0 Å². The standard InChI is InChI=1S/C15H28N2O/c1-3-9-16-11-15(18)17-10-8-12(2)13-6-4-5-7-14(13)17/h12-14,16H,3-11H2,1-2H3. The second-order valence-corrected chi connectivity index (χ2v) is 6.05. The first-order chi connectivity index (χ1) is 8.74. The lowest BCUT2D eigenvalue weighted by Gasteiger charge is -2.47. The van der Waals surface area contributed by atoms with Crippen LogP contribution in [-0.4, -0.2) is 36.5 Å². The van der Waals surface area contributed by atoms with Gasteiger partial charge in [-0.1, -0.05) is 26.7 Å². The normalized spacial score (nSPS) is 32.1. The molecule has 1 saturated carbocycles. The monoisotopic (exact) mass is 252 g/mol. The highest BCUT2D eigenvalue weighted by molar-refractivity contribution is 5.78. The van der Waals surface area contributed by atoms with Gasteiger partial charge in [-0.2, -0.15) is 0 Å². The molecule has 0 bridgehead atoms. The van der Waals surface area contributed by atoms with Crippen LogP contribution in [0.4, 0.5) is 0 Å². The topological polar surface area (TPSA) is 32.3 Å². The number of hydrogen-bond acceptors (Lipinski definition) is 2. The third kappa shape index (κ3) is 3.05. The lowest BCUT2D eigenvalue weighted by molar-refractivity contribution is -0.138. The maximum atomic E-state index is 12.3. The Labute approximate surface area is 111 Å². The summed E-state index contributed by atoms with van der Waals surface area (Å²) in [5.74, 6) is 1.90. The van der Waals surface area contributed by atoms with Crippen molar-refractivity contribution in [2.75, 3.05) is 19.6 Å². The molecule has 1 N–H and O–H groups in total. The minimum atomic E-state index is 0.326. The lowest BCUT2D eigenvalue weighted by atomic mass is 9.72. The average molecular weight is 252 g/mol. The molecule has 0 aromatic carbocycles. The van der Waals surface area contributed by atoms with Gasteiger partial charge in [-0.25, -0.2) is 0 Å². The summed E-state index contributed by atoms with van der Waals surface area (Å²) >= 11 is 0. The van der Waals surface area contributed by atoms with Crippen LogP contribution >= 0.6 is 0 Å². The minimum Gasteiger partial charge on any atom is -0.338 e. The van der Waals surface area contributed by atoms with Crippen LogP contribution in [0.2, 0.25) is 0 Å². The molecular weight excluding hydrogens is 224 g/mol. The van der Waals surface area contributed by atoms with Crippen LogP contribution in [0.5, 0.6) is 0 Å². The molecule has 2 rings (SSSR count). The predicted octanol–water partition coefficient (Wildman–Crippen LogP) is 2.41. The van der Waals surface area contributed by atoms with E-state index in [1.165, 1.54) is 32.1 Å². The van der Waals surface area contributed by atoms with Crippen molar-refractivity contribution < 1.29 is 4.79 Å². The third-order valence-electron chi connectivity index (χ3n) is 4.76. The summed E-state index contributed by atoms with van der Waals surface area (Å²) in [6.07, 6.45) is 7.52. The Hall–Kier alpha value is -0.570. The average Bonchev–Trinajstić information content (AvgIpc) is 2.39. The van der Waals surface area contributed by atoms with Crippen molar-refractivity contribution in [3.05, 3.63) is 0 Å². The Bertz CT molecular complexity index is 280. The van der Waals surface area contributed by atoms with Crippen LogP contribution in [0.25, 0.3) is 0 Å². The Balaban J connectivity index is 1.92. The molecule has 0 radical (unpaired) electrons. The first-order valence-electron chi connectivity index (χ1n) is 7.74. The predicted molar refractivity (Wildman–Crippen MR) is 74.4 cm³/mol. The van der Waals surface area contributed by atoms with E-state index < -0.39 is 0 Å². The number of fused-ring (bicyclic) bond motifs is 1. The van der Waals surface area contributed by atoms with Crippen molar-refractivity contribution in [3.8, 4) is 0 Å². The van der Waals surface area contributed by atoms with E-state index in [1.54, 1.807) is 0 Å². The first-order valence-corrected chi connectivity index (χ1v) is 7.74. The molecule has 2 aliphatic rings. The molecule has 0 aromatic rings. The SMILES string of the molecule is CCCNCC(=O)N1CCC(C)C2CCCCC21. The van der Waals surface area contributed by atoms with E-state index in [0.29, 0.717) is 18.5 Å². The molecular formula is C15H28N2O. The van der Waals surface area contributed by atoms with E-state index in [0.717, 1.165) is 31.3 Å². The maximum Gasteiger partial charge on any atom is 0.236 e. The zero-order chi connectivity index (χ0) is 13.0. The number of carbonyl (C=O) groups is 1. The van der Waals surface area contributed by atoms with E-state index in [4.69, 9.17) is 0 Å². The second-order valence-electron chi connectivity index (χ2n) is 6.05. The molecule has 1 saturated heterocycles. The first kappa shape index (κ1) is 13.9. The number of piperidine rings is 1. The molecule has 3 heteroatoms. The molecule has 2 fully saturated rings. The molecule has 1 amide bonds. The van der Waals surface area contributed by atoms with Crippen LogP contribution in [0.1, 0.15) is 52.4 Å². The van der Waals surface area contributed by atoms with Crippen molar-refractivity contribution in [1.82, 2.24) is 10.2 Å². The zero-order valence-electron chi connectivity index (χ0n) is 12.0. The van der Waals surface area contributed by atoms with E-state index >= 15 is 0 Å². The highest BCUT2D eigenvalue weighted by atomic mass is 16.2. The van der Waals surface area contributed by atoms with Gasteiger partial charge in [0.1, 0.15) is 0 Å². The molecule has 1 aliphatic carbocycles. The van der Waals surface area contributed by atoms with Gasteiger partial charge in [-0.3, -0.25) is 4.79 Å². The number of amides is 1. The summed E-state index contributed by atoms with van der Waals surface area (Å²) in [4.78, 5) is 14.5. The van der Waals surface area contributed by atoms with Gasteiger partial charge in [-0.15, -0.1) is 0 Å². The number of nitrogens with zero attached hydrogens (tertiary/aromatic N) is 1. The van der Waals surface area contributed by atoms with E-state index in [1.807, 2.05) is 0 Å². The Morgan fingerprint density at radius 2 is 2.06 bits per heavy atom. The molecule has 1 heterocycles. The fraction of sp³-hybridized carbons (Fsp3) is 0.933. The molecule has 0 spiro atoms. The van der Waals surface area contributed by atoms with Crippen molar-refractivity contribution in [3.63, 3.8) is 0 Å². The van der Waals surface area contributed by atoms with Gasteiger partial charge in [0.25, 0.3) is 0 Å². The van der Waals surface area contributed by atoms with Crippen LogP contribution in [0, 0.1) is 11.8 Å². The van der Waals surface area contributed by atoms with Crippen molar-refractivity contribution in [2.45, 2.75) is 58.4 Å². The van der Waals surface area contributed by atoms with Gasteiger partial charge in [-0.05, 0) is 44.1 Å². The summed E-state index contributed by atoms with van der Waals surface area (Å²) in [5, 5.41) is 3.25. The molecule has 104 valence electrons. The van der Waals surface area contributed by atoms with Crippen molar-refractivity contribution in [1.29, 1.82) is 0 Å². The fourth-order valence-electron chi connectivity index (χ4n) is 3.70. The molecule has 3 nitrogen and oxygen atoms in total. The smallest absolute Gasteiger partial charge is 0.236 e. The fourth-order valence-corrected chi connectivity index (χ4v) is 3.70. The number of carbonyl (C=O) groups excluding carboxylic acids is 1. The van der Waals surface area contributed by atoms with E-state index in [2.05, 4.69) is 24.1 Å². The highest BCUT2D eigenvalue weighted by Gasteiger charge is 2.38. The quantitative estimate of drug-likeness (QED) is 0.779. The summed E-state index contributed by atoms with van der Waals surface area (Å²) in [7, 11) is 0. The van der Waals surface area contributed by atoms with E-state index in [-0.39, 0.29) is 0 Å². The molecule has 18 heavy (non-hydrogen) atoms. The highest BCUT2D eigenvalue weighted by Crippen LogP contribution is 2.38. The van der Waals surface area contributed by atoms with Crippen LogP contribution < -0.4 is 5.32 Å². The largest absolute Gasteiger partial charge is 0.338 e. The van der Waals surface area contributed by atoms with Crippen molar-refractivity contribution in [2.24, 2.45) is 11.8 Å². The zero-order valence-corrected chi connectivity index (χ0v) is 12.0. The van der Waals surface area contributed by atoms with Gasteiger partial charge in [0.15, 0.2) is 0 Å². The van der Waals surface area contributed by atoms with Gasteiger partial charge in [0, 0.05) is 12.6 Å². The lowest BCUT2D eigenvalue weighted by Crippen LogP contribution is -2.54. The third-order valence-corrected chi connectivity index (χ3v) is 4.76. The number of nitrogens with one attached hydrogen (secondary N) is 1. The molecule has 3 atom stereocenters. The van der Waals surface area contributed by atoms with Gasteiger partial charge in [0.2, 0.25) is 5.91 Å². The summed E-state index contributed by atoms with van der Waals surface area (Å²) in [5.41, 5.74) is 0. The van der Waals surface area contributed by atoms with Gasteiger partial charge in [0.05, 0.1) is 6.54 Å². The van der Waals surface area contributed by atoms with Crippen molar-refractivity contribution >= 4 is 5.91 Å². The van der Waals surface area contributed by atoms with Crippen LogP contribution in [0.15, 0.2) is 0 Å². The van der Waals surface area contributed by atoms with Crippen LogP contribution in [-0.2, 0) is 4.79 Å². The van der Waals surface area contributed by atoms with Gasteiger partial charge >= 0.3 is 0 Å². The van der Waals surface area contributed by atoms with E-state index in [9.17, 15) is 4.79 Å². The number of likely N-dealkylation sites (tertiary alicyclic amines) is 1. The Morgan fingerprint density at radius 1 is 1.28 bits per heavy atom.